The molecule has 8 heteroatoms. The quantitative estimate of drug-likeness (QED) is 0.253. The summed E-state index contributed by atoms with van der Waals surface area (Å²) in [5.41, 5.74) is 2.75. The van der Waals surface area contributed by atoms with Gasteiger partial charge in [-0.3, -0.25) is 0 Å². The van der Waals surface area contributed by atoms with Gasteiger partial charge in [-0.15, -0.1) is 0 Å². The number of aromatic nitrogens is 3. The third kappa shape index (κ3) is 4.72. The zero-order valence-corrected chi connectivity index (χ0v) is 19.3. The van der Waals surface area contributed by atoms with E-state index in [1.807, 2.05) is 42.5 Å². The second-order valence-electron chi connectivity index (χ2n) is 8.03. The predicted molar refractivity (Wildman–Crippen MR) is 129 cm³/mol. The van der Waals surface area contributed by atoms with E-state index in [1.54, 1.807) is 43.3 Å². The van der Waals surface area contributed by atoms with Crippen LogP contribution < -0.4 is 4.74 Å². The largest absolute Gasteiger partial charge is 0.489 e. The lowest BCUT2D eigenvalue weighted by Gasteiger charge is -2.12. The molecular formula is C27H19ClF3N3O. The molecule has 0 spiro atoms. The monoisotopic (exact) mass is 493 g/mol. The van der Waals surface area contributed by atoms with Crippen molar-refractivity contribution >= 4 is 17.2 Å². The summed E-state index contributed by atoms with van der Waals surface area (Å²) in [6.07, 6.45) is -4.61. The van der Waals surface area contributed by atoms with E-state index < -0.39 is 11.9 Å². The van der Waals surface area contributed by atoms with E-state index in [0.717, 1.165) is 21.7 Å². The smallest absolute Gasteiger partial charge is 0.433 e. The van der Waals surface area contributed by atoms with E-state index in [9.17, 15) is 13.2 Å². The fraction of sp³-hybridized carbons (Fsp3) is 0.111. The van der Waals surface area contributed by atoms with Crippen LogP contribution in [-0.2, 0) is 12.8 Å². The van der Waals surface area contributed by atoms with E-state index in [4.69, 9.17) is 16.3 Å². The van der Waals surface area contributed by atoms with Gasteiger partial charge in [0.25, 0.3) is 0 Å². The first-order valence-electron chi connectivity index (χ1n) is 10.8. The van der Waals surface area contributed by atoms with Crippen LogP contribution in [0.4, 0.5) is 13.2 Å². The molecule has 0 aliphatic rings. The highest BCUT2D eigenvalue weighted by Crippen LogP contribution is 2.36. The Morgan fingerprint density at radius 3 is 2.23 bits per heavy atom. The van der Waals surface area contributed by atoms with E-state index >= 15 is 0 Å². The van der Waals surface area contributed by atoms with Crippen LogP contribution >= 0.6 is 11.6 Å². The maximum Gasteiger partial charge on any atom is 0.433 e. The highest BCUT2D eigenvalue weighted by Gasteiger charge is 2.36. The first-order chi connectivity index (χ1) is 16.8. The maximum absolute atomic E-state index is 14.0. The SMILES string of the molecule is Cc1nn2c(C(F)(F)F)cc(-c3ccc(OCc4ccc(Cl)cc4)cc3)nc2c1-c1ccccc1. The molecule has 0 fully saturated rings. The summed E-state index contributed by atoms with van der Waals surface area (Å²) in [4.78, 5) is 4.60. The first kappa shape index (κ1) is 22.9. The van der Waals surface area contributed by atoms with Gasteiger partial charge in [0.05, 0.1) is 11.4 Å². The highest BCUT2D eigenvalue weighted by molar-refractivity contribution is 6.30. The van der Waals surface area contributed by atoms with Crippen LogP contribution in [0, 0.1) is 6.92 Å². The van der Waals surface area contributed by atoms with Crippen LogP contribution in [0.15, 0.2) is 84.9 Å². The number of alkyl halides is 3. The van der Waals surface area contributed by atoms with Crippen molar-refractivity contribution in [2.45, 2.75) is 19.7 Å². The van der Waals surface area contributed by atoms with E-state index in [2.05, 4.69) is 10.1 Å². The molecule has 0 unspecified atom stereocenters. The standard InChI is InChI=1S/C27H19ClF3N3O/c1-17-25(20-5-3-2-4-6-20)26-32-23(15-24(27(29,30)31)34(26)33-17)19-9-13-22(14-10-19)35-16-18-7-11-21(28)12-8-18/h2-15H,16H2,1H3. The summed E-state index contributed by atoms with van der Waals surface area (Å²) in [6.45, 7) is 2.03. The number of ether oxygens (including phenoxy) is 1. The summed E-state index contributed by atoms with van der Waals surface area (Å²) in [7, 11) is 0. The minimum absolute atomic E-state index is 0.154. The van der Waals surface area contributed by atoms with Crippen molar-refractivity contribution in [1.82, 2.24) is 14.6 Å². The molecule has 0 saturated carbocycles. The number of aryl methyl sites for hydroxylation is 1. The summed E-state index contributed by atoms with van der Waals surface area (Å²) in [6, 6.07) is 24.3. The van der Waals surface area contributed by atoms with Gasteiger partial charge in [0.1, 0.15) is 12.4 Å². The van der Waals surface area contributed by atoms with Crippen molar-refractivity contribution in [3.63, 3.8) is 0 Å². The Balaban J connectivity index is 1.53. The molecule has 2 heterocycles. The van der Waals surface area contributed by atoms with Gasteiger partial charge in [0, 0.05) is 16.1 Å². The molecule has 0 atom stereocenters. The minimum Gasteiger partial charge on any atom is -0.489 e. The zero-order chi connectivity index (χ0) is 24.6. The van der Waals surface area contributed by atoms with Gasteiger partial charge in [-0.25, -0.2) is 9.50 Å². The Labute approximate surface area is 204 Å². The molecule has 5 aromatic rings. The molecular weight excluding hydrogens is 475 g/mol. The van der Waals surface area contributed by atoms with E-state index in [0.29, 0.717) is 34.2 Å². The lowest BCUT2D eigenvalue weighted by Crippen LogP contribution is -2.13. The molecule has 0 amide bonds. The van der Waals surface area contributed by atoms with Crippen molar-refractivity contribution in [2.75, 3.05) is 0 Å². The Hall–Kier alpha value is -3.84. The fourth-order valence-electron chi connectivity index (χ4n) is 3.89. The van der Waals surface area contributed by atoms with Crippen LogP contribution in [0.1, 0.15) is 17.0 Å². The van der Waals surface area contributed by atoms with Crippen LogP contribution in [-0.4, -0.2) is 14.6 Å². The number of fused-ring (bicyclic) bond motifs is 1. The maximum atomic E-state index is 14.0. The van der Waals surface area contributed by atoms with Gasteiger partial charge < -0.3 is 4.74 Å². The van der Waals surface area contributed by atoms with Crippen molar-refractivity contribution in [1.29, 1.82) is 0 Å². The number of benzene rings is 3. The molecule has 5 rings (SSSR count). The molecule has 0 aliphatic carbocycles. The molecule has 0 N–H and O–H groups in total. The lowest BCUT2D eigenvalue weighted by atomic mass is 10.1. The Kier molecular flexibility index (Phi) is 5.94. The molecule has 0 bridgehead atoms. The van der Waals surface area contributed by atoms with Crippen molar-refractivity contribution in [3.8, 4) is 28.1 Å². The van der Waals surface area contributed by atoms with Gasteiger partial charge in [0.15, 0.2) is 11.3 Å². The van der Waals surface area contributed by atoms with E-state index in [1.165, 1.54) is 0 Å². The molecule has 0 saturated heterocycles. The molecule has 2 aromatic heterocycles. The summed E-state index contributed by atoms with van der Waals surface area (Å²) in [5.74, 6) is 0.589. The lowest BCUT2D eigenvalue weighted by molar-refractivity contribution is -0.142. The Morgan fingerprint density at radius 2 is 1.57 bits per heavy atom. The number of hydrogen-bond acceptors (Lipinski definition) is 3. The second kappa shape index (κ2) is 9.07. The molecule has 35 heavy (non-hydrogen) atoms. The van der Waals surface area contributed by atoms with Crippen LogP contribution in [0.25, 0.3) is 28.0 Å². The number of nitrogens with zero attached hydrogens (tertiary/aromatic N) is 3. The Morgan fingerprint density at radius 1 is 0.886 bits per heavy atom. The van der Waals surface area contributed by atoms with Crippen molar-refractivity contribution in [3.05, 3.63) is 107 Å². The topological polar surface area (TPSA) is 39.4 Å². The van der Waals surface area contributed by atoms with Crippen LogP contribution in [0.2, 0.25) is 5.02 Å². The third-order valence-electron chi connectivity index (χ3n) is 5.59. The second-order valence-corrected chi connectivity index (χ2v) is 8.46. The Bertz CT molecular complexity index is 1480. The zero-order valence-electron chi connectivity index (χ0n) is 18.6. The predicted octanol–water partition coefficient (Wildman–Crippen LogP) is 7.62. The molecule has 0 aliphatic heterocycles. The minimum atomic E-state index is -4.61. The fourth-order valence-corrected chi connectivity index (χ4v) is 4.01. The first-order valence-corrected chi connectivity index (χ1v) is 11.2. The van der Waals surface area contributed by atoms with Gasteiger partial charge in [-0.1, -0.05) is 54.1 Å². The molecule has 0 radical (unpaired) electrons. The van der Waals surface area contributed by atoms with Gasteiger partial charge in [-0.05, 0) is 60.5 Å². The average molecular weight is 494 g/mol. The average Bonchev–Trinajstić information content (AvgIpc) is 3.19. The number of halogens is 4. The summed E-state index contributed by atoms with van der Waals surface area (Å²) in [5, 5.41) is 4.81. The highest BCUT2D eigenvalue weighted by atomic mass is 35.5. The van der Waals surface area contributed by atoms with E-state index in [-0.39, 0.29) is 11.3 Å². The molecule has 3 aromatic carbocycles. The number of hydrogen-bond donors (Lipinski definition) is 0. The van der Waals surface area contributed by atoms with Gasteiger partial charge in [-0.2, -0.15) is 18.3 Å². The number of rotatable bonds is 5. The van der Waals surface area contributed by atoms with Crippen LogP contribution in [0.3, 0.4) is 0 Å². The molecule has 176 valence electrons. The molecule has 4 nitrogen and oxygen atoms in total. The summed E-state index contributed by atoms with van der Waals surface area (Å²) < 4.78 is 48.6. The van der Waals surface area contributed by atoms with Crippen molar-refractivity contribution < 1.29 is 17.9 Å². The third-order valence-corrected chi connectivity index (χ3v) is 5.84. The van der Waals surface area contributed by atoms with Crippen molar-refractivity contribution in [2.24, 2.45) is 0 Å². The van der Waals surface area contributed by atoms with Crippen LogP contribution in [0.5, 0.6) is 5.75 Å². The van der Waals surface area contributed by atoms with Gasteiger partial charge in [0.2, 0.25) is 0 Å². The summed E-state index contributed by atoms with van der Waals surface area (Å²) >= 11 is 5.90. The van der Waals surface area contributed by atoms with Gasteiger partial charge >= 0.3 is 6.18 Å². The normalized spacial score (nSPS) is 11.7.